The molecule has 0 aliphatic rings. The number of nitrogens with one attached hydrogen (secondary N) is 1. The van der Waals surface area contributed by atoms with E-state index in [0.717, 1.165) is 0 Å². The quantitative estimate of drug-likeness (QED) is 0.882. The van der Waals surface area contributed by atoms with Gasteiger partial charge in [0, 0.05) is 17.8 Å². The highest BCUT2D eigenvalue weighted by atomic mass is 16.5. The first-order valence-electron chi connectivity index (χ1n) is 5.94. The molecule has 2 rings (SSSR count). The van der Waals surface area contributed by atoms with E-state index in [1.54, 1.807) is 6.07 Å². The van der Waals surface area contributed by atoms with E-state index < -0.39 is 0 Å². The summed E-state index contributed by atoms with van der Waals surface area (Å²) in [4.78, 5) is 24.0. The molecule has 0 radical (unpaired) electrons. The number of pyridine rings is 1. The summed E-state index contributed by atoms with van der Waals surface area (Å²) in [6, 6.07) is 3.23. The first-order valence-corrected chi connectivity index (χ1v) is 5.94. The lowest BCUT2D eigenvalue weighted by Crippen LogP contribution is -2.14. The van der Waals surface area contributed by atoms with Gasteiger partial charge in [-0.1, -0.05) is 0 Å². The highest BCUT2D eigenvalue weighted by Crippen LogP contribution is 2.23. The molecule has 21 heavy (non-hydrogen) atoms. The summed E-state index contributed by atoms with van der Waals surface area (Å²) in [5, 5.41) is 2.65. The maximum Gasteiger partial charge on any atom is 0.319 e. The third-order valence-electron chi connectivity index (χ3n) is 2.56. The summed E-state index contributed by atoms with van der Waals surface area (Å²) in [6.07, 6.45) is 2.89. The molecule has 0 atom stereocenters. The molecule has 8 nitrogen and oxygen atoms in total. The Morgan fingerprint density at radius 2 is 1.95 bits per heavy atom. The SMILES string of the molecule is COc1cc(C(=O)Nc2cnc(OC)nc2OC)ccn1. The third kappa shape index (κ3) is 3.35. The number of anilines is 1. The summed E-state index contributed by atoms with van der Waals surface area (Å²) < 4.78 is 15.0. The van der Waals surface area contributed by atoms with Crippen LogP contribution in [0.15, 0.2) is 24.5 Å². The fourth-order valence-corrected chi connectivity index (χ4v) is 1.55. The van der Waals surface area contributed by atoms with Crippen LogP contribution >= 0.6 is 0 Å². The van der Waals surface area contributed by atoms with E-state index in [-0.39, 0.29) is 17.8 Å². The number of rotatable bonds is 5. The Hall–Kier alpha value is -2.90. The van der Waals surface area contributed by atoms with E-state index in [4.69, 9.17) is 14.2 Å². The molecule has 2 heterocycles. The molecule has 0 aromatic carbocycles. The zero-order valence-corrected chi connectivity index (χ0v) is 11.8. The van der Waals surface area contributed by atoms with Crippen LogP contribution in [0.5, 0.6) is 17.8 Å². The van der Waals surface area contributed by atoms with Crippen molar-refractivity contribution in [1.29, 1.82) is 0 Å². The van der Waals surface area contributed by atoms with Crippen molar-refractivity contribution in [1.82, 2.24) is 15.0 Å². The smallest absolute Gasteiger partial charge is 0.319 e. The molecule has 0 spiro atoms. The van der Waals surface area contributed by atoms with Gasteiger partial charge in [0.15, 0.2) is 0 Å². The molecule has 8 heteroatoms. The fourth-order valence-electron chi connectivity index (χ4n) is 1.55. The van der Waals surface area contributed by atoms with Gasteiger partial charge in [-0.2, -0.15) is 4.98 Å². The van der Waals surface area contributed by atoms with Crippen LogP contribution in [0.2, 0.25) is 0 Å². The first-order chi connectivity index (χ1) is 10.2. The van der Waals surface area contributed by atoms with E-state index in [0.29, 0.717) is 17.1 Å². The second-order valence-electron chi connectivity index (χ2n) is 3.82. The maximum atomic E-state index is 12.2. The number of amides is 1. The van der Waals surface area contributed by atoms with Gasteiger partial charge in [0.25, 0.3) is 5.91 Å². The topological polar surface area (TPSA) is 95.5 Å². The minimum absolute atomic E-state index is 0.149. The molecule has 0 aliphatic heterocycles. The molecule has 0 saturated heterocycles. The van der Waals surface area contributed by atoms with Crippen molar-refractivity contribution in [3.8, 4) is 17.8 Å². The van der Waals surface area contributed by atoms with Crippen molar-refractivity contribution in [2.24, 2.45) is 0 Å². The number of ether oxygens (including phenoxy) is 3. The Labute approximate surface area is 121 Å². The Bertz CT molecular complexity index is 648. The number of hydrogen-bond donors (Lipinski definition) is 1. The van der Waals surface area contributed by atoms with Gasteiger partial charge < -0.3 is 19.5 Å². The third-order valence-corrected chi connectivity index (χ3v) is 2.56. The molecule has 0 saturated carbocycles. The monoisotopic (exact) mass is 290 g/mol. The molecule has 110 valence electrons. The minimum atomic E-state index is -0.359. The van der Waals surface area contributed by atoms with Crippen LogP contribution in [-0.2, 0) is 0 Å². The Morgan fingerprint density at radius 3 is 2.62 bits per heavy atom. The molecule has 0 aliphatic carbocycles. The Kier molecular flexibility index (Phi) is 4.50. The van der Waals surface area contributed by atoms with Crippen LogP contribution in [0.1, 0.15) is 10.4 Å². The molecule has 0 bridgehead atoms. The van der Waals surface area contributed by atoms with E-state index in [1.807, 2.05) is 0 Å². The number of carbonyl (C=O) groups excluding carboxylic acids is 1. The molecular weight excluding hydrogens is 276 g/mol. The van der Waals surface area contributed by atoms with Gasteiger partial charge in [-0.25, -0.2) is 9.97 Å². The van der Waals surface area contributed by atoms with Crippen molar-refractivity contribution in [3.05, 3.63) is 30.1 Å². The van der Waals surface area contributed by atoms with E-state index in [9.17, 15) is 4.79 Å². The predicted molar refractivity (Wildman–Crippen MR) is 73.9 cm³/mol. The average Bonchev–Trinajstić information content (AvgIpc) is 2.55. The van der Waals surface area contributed by atoms with Crippen molar-refractivity contribution in [3.63, 3.8) is 0 Å². The first kappa shape index (κ1) is 14.5. The van der Waals surface area contributed by atoms with Crippen LogP contribution in [-0.4, -0.2) is 42.2 Å². The highest BCUT2D eigenvalue weighted by molar-refractivity contribution is 6.04. The molecule has 2 aromatic rings. The fraction of sp³-hybridized carbons (Fsp3) is 0.231. The number of aromatic nitrogens is 3. The van der Waals surface area contributed by atoms with Crippen LogP contribution < -0.4 is 19.5 Å². The molecule has 0 unspecified atom stereocenters. The van der Waals surface area contributed by atoms with Gasteiger partial charge in [0.05, 0.1) is 27.5 Å². The lowest BCUT2D eigenvalue weighted by atomic mass is 10.2. The summed E-state index contributed by atoms with van der Waals surface area (Å²) >= 11 is 0. The van der Waals surface area contributed by atoms with Gasteiger partial charge in [-0.15, -0.1) is 0 Å². The van der Waals surface area contributed by atoms with Crippen LogP contribution in [0.3, 0.4) is 0 Å². The molecule has 2 aromatic heterocycles. The minimum Gasteiger partial charge on any atom is -0.481 e. The number of nitrogens with zero attached hydrogens (tertiary/aromatic N) is 3. The maximum absolute atomic E-state index is 12.2. The number of methoxy groups -OCH3 is 3. The van der Waals surface area contributed by atoms with Crippen LogP contribution in [0.25, 0.3) is 0 Å². The van der Waals surface area contributed by atoms with Gasteiger partial charge in [0.2, 0.25) is 11.8 Å². The van der Waals surface area contributed by atoms with Gasteiger partial charge in [-0.3, -0.25) is 4.79 Å². The average molecular weight is 290 g/mol. The Morgan fingerprint density at radius 1 is 1.14 bits per heavy atom. The summed E-state index contributed by atoms with van der Waals surface area (Å²) in [7, 11) is 4.35. The summed E-state index contributed by atoms with van der Waals surface area (Å²) in [5.41, 5.74) is 0.721. The molecule has 1 amide bonds. The van der Waals surface area contributed by atoms with Crippen molar-refractivity contribution >= 4 is 11.6 Å². The standard InChI is InChI=1S/C13H14N4O4/c1-19-10-6-8(4-5-14-10)11(18)16-9-7-15-13(21-3)17-12(9)20-2/h4-7H,1-3H3,(H,16,18). The van der Waals surface area contributed by atoms with Gasteiger partial charge in [0.1, 0.15) is 5.69 Å². The largest absolute Gasteiger partial charge is 0.481 e. The number of hydrogen-bond acceptors (Lipinski definition) is 7. The lowest BCUT2D eigenvalue weighted by Gasteiger charge is -2.10. The number of carbonyl (C=O) groups is 1. The van der Waals surface area contributed by atoms with Gasteiger partial charge in [-0.05, 0) is 6.07 Å². The normalized spacial score (nSPS) is 9.86. The Balaban J connectivity index is 2.22. The second kappa shape index (κ2) is 6.51. The van der Waals surface area contributed by atoms with Crippen molar-refractivity contribution < 1.29 is 19.0 Å². The molecule has 0 fully saturated rings. The predicted octanol–water partition coefficient (Wildman–Crippen LogP) is 1.15. The zero-order chi connectivity index (χ0) is 15.2. The van der Waals surface area contributed by atoms with Gasteiger partial charge >= 0.3 is 6.01 Å². The van der Waals surface area contributed by atoms with E-state index in [2.05, 4.69) is 20.3 Å². The lowest BCUT2D eigenvalue weighted by molar-refractivity contribution is 0.102. The summed E-state index contributed by atoms with van der Waals surface area (Å²) in [5.74, 6) is 0.194. The van der Waals surface area contributed by atoms with Crippen LogP contribution in [0, 0.1) is 0 Å². The second-order valence-corrected chi connectivity index (χ2v) is 3.82. The highest BCUT2D eigenvalue weighted by Gasteiger charge is 2.13. The van der Waals surface area contributed by atoms with E-state index in [1.165, 1.54) is 39.8 Å². The van der Waals surface area contributed by atoms with Crippen LogP contribution in [0.4, 0.5) is 5.69 Å². The van der Waals surface area contributed by atoms with Crippen molar-refractivity contribution in [2.75, 3.05) is 26.6 Å². The molecule has 1 N–H and O–H groups in total. The van der Waals surface area contributed by atoms with E-state index >= 15 is 0 Å². The zero-order valence-electron chi connectivity index (χ0n) is 11.8. The van der Waals surface area contributed by atoms with Crippen molar-refractivity contribution in [2.45, 2.75) is 0 Å². The molecular formula is C13H14N4O4. The summed E-state index contributed by atoms with van der Waals surface area (Å²) in [6.45, 7) is 0.